The Bertz CT molecular complexity index is 1000. The van der Waals surface area contributed by atoms with Crippen LogP contribution in [0.15, 0.2) is 66.3 Å². The van der Waals surface area contributed by atoms with E-state index in [4.69, 9.17) is 0 Å². The summed E-state index contributed by atoms with van der Waals surface area (Å²) in [6.45, 7) is 4.34. The molecular weight excluding hydrogens is 389 g/mol. The normalized spacial score (nSPS) is 10.6. The van der Waals surface area contributed by atoms with E-state index in [0.29, 0.717) is 17.4 Å². The van der Waals surface area contributed by atoms with Gasteiger partial charge in [0.05, 0.1) is 5.75 Å². The number of benzene rings is 2. The van der Waals surface area contributed by atoms with Gasteiger partial charge in [0.1, 0.15) is 5.82 Å². The number of amides is 1. The number of hydrogen-bond donors (Lipinski definition) is 1. The van der Waals surface area contributed by atoms with Crippen molar-refractivity contribution in [3.8, 4) is 11.4 Å². The maximum atomic E-state index is 13.0. The lowest BCUT2D eigenvalue weighted by Gasteiger charge is -2.14. The Balaban J connectivity index is 1.74. The Labute approximate surface area is 173 Å². The van der Waals surface area contributed by atoms with Crippen molar-refractivity contribution in [2.75, 3.05) is 30.1 Å². The molecule has 0 atom stereocenters. The zero-order chi connectivity index (χ0) is 20.8. The van der Waals surface area contributed by atoms with Crippen molar-refractivity contribution in [3.63, 3.8) is 0 Å². The molecule has 1 amide bonds. The summed E-state index contributed by atoms with van der Waals surface area (Å²) in [5.74, 6) is 0.325. The van der Waals surface area contributed by atoms with Crippen LogP contribution < -0.4 is 10.2 Å². The lowest BCUT2D eigenvalue weighted by atomic mass is 10.2. The minimum atomic E-state index is -0.347. The van der Waals surface area contributed by atoms with Crippen molar-refractivity contribution in [2.45, 2.75) is 11.7 Å². The van der Waals surface area contributed by atoms with Crippen molar-refractivity contribution in [1.29, 1.82) is 0 Å². The van der Waals surface area contributed by atoms with Crippen molar-refractivity contribution in [3.05, 3.63) is 67.0 Å². The van der Waals surface area contributed by atoms with E-state index in [0.717, 1.165) is 17.1 Å². The molecule has 0 unspecified atom stereocenters. The number of carbonyl (C=O) groups is 1. The Morgan fingerprint density at radius 2 is 2.00 bits per heavy atom. The number of nitrogens with one attached hydrogen (secondary N) is 1. The number of hydrogen-bond acceptors (Lipinski definition) is 5. The Kier molecular flexibility index (Phi) is 6.66. The van der Waals surface area contributed by atoms with E-state index in [1.807, 2.05) is 47.8 Å². The van der Waals surface area contributed by atoms with Gasteiger partial charge in [0.25, 0.3) is 0 Å². The third-order valence-electron chi connectivity index (χ3n) is 4.11. The van der Waals surface area contributed by atoms with Gasteiger partial charge in [-0.3, -0.25) is 9.36 Å². The van der Waals surface area contributed by atoms with E-state index in [1.54, 1.807) is 6.08 Å². The fraction of sp³-hybridized carbons (Fsp3) is 0.190. The molecule has 1 heterocycles. The highest BCUT2D eigenvalue weighted by molar-refractivity contribution is 7.99. The monoisotopic (exact) mass is 411 g/mol. The van der Waals surface area contributed by atoms with Crippen LogP contribution in [-0.4, -0.2) is 40.5 Å². The molecule has 0 saturated heterocycles. The van der Waals surface area contributed by atoms with Crippen LogP contribution >= 0.6 is 11.8 Å². The summed E-state index contributed by atoms with van der Waals surface area (Å²) in [5.41, 5.74) is 2.54. The number of anilines is 2. The first-order valence-corrected chi connectivity index (χ1v) is 9.96. The number of aromatic nitrogens is 3. The van der Waals surface area contributed by atoms with Gasteiger partial charge in [0.2, 0.25) is 5.91 Å². The minimum Gasteiger partial charge on any atom is -0.378 e. The standard InChI is InChI=1S/C21H22FN5OS/c1-4-12-27-20(15-6-5-7-18(13-15)26(2)3)24-25-21(27)29-14-19(28)23-17-10-8-16(22)9-11-17/h4-11,13H,1,12,14H2,2-3H3,(H,23,28). The zero-order valence-corrected chi connectivity index (χ0v) is 17.1. The quantitative estimate of drug-likeness (QED) is 0.447. The van der Waals surface area contributed by atoms with Gasteiger partial charge in [-0.15, -0.1) is 16.8 Å². The van der Waals surface area contributed by atoms with Crippen LogP contribution in [0.4, 0.5) is 15.8 Å². The van der Waals surface area contributed by atoms with Crippen molar-refractivity contribution in [2.24, 2.45) is 0 Å². The molecular formula is C21H22FN5OS. The maximum absolute atomic E-state index is 13.0. The second kappa shape index (κ2) is 9.38. The van der Waals surface area contributed by atoms with Crippen molar-refractivity contribution >= 4 is 29.0 Å². The summed E-state index contributed by atoms with van der Waals surface area (Å²) in [6.07, 6.45) is 1.77. The molecule has 6 nitrogen and oxygen atoms in total. The summed E-state index contributed by atoms with van der Waals surface area (Å²) in [5, 5.41) is 12.0. The van der Waals surface area contributed by atoms with E-state index in [9.17, 15) is 9.18 Å². The van der Waals surface area contributed by atoms with Gasteiger partial charge in [0, 0.05) is 37.6 Å². The van der Waals surface area contributed by atoms with E-state index in [-0.39, 0.29) is 17.5 Å². The van der Waals surface area contributed by atoms with Crippen molar-refractivity contribution < 1.29 is 9.18 Å². The molecule has 0 aliphatic heterocycles. The first-order valence-electron chi connectivity index (χ1n) is 8.98. The average molecular weight is 412 g/mol. The molecule has 3 rings (SSSR count). The Hall–Kier alpha value is -3.13. The average Bonchev–Trinajstić information content (AvgIpc) is 3.11. The molecule has 0 fully saturated rings. The molecule has 0 aliphatic carbocycles. The molecule has 0 radical (unpaired) electrons. The summed E-state index contributed by atoms with van der Waals surface area (Å²) >= 11 is 1.29. The first-order chi connectivity index (χ1) is 14.0. The van der Waals surface area contributed by atoms with Gasteiger partial charge < -0.3 is 10.2 Å². The third kappa shape index (κ3) is 5.23. The molecule has 29 heavy (non-hydrogen) atoms. The van der Waals surface area contributed by atoms with Gasteiger partial charge in [-0.2, -0.15) is 0 Å². The summed E-state index contributed by atoms with van der Waals surface area (Å²) in [7, 11) is 3.96. The number of carbonyl (C=O) groups excluding carboxylic acids is 1. The number of allylic oxidation sites excluding steroid dienone is 1. The highest BCUT2D eigenvalue weighted by atomic mass is 32.2. The molecule has 150 valence electrons. The van der Waals surface area contributed by atoms with Crippen LogP contribution in [0.3, 0.4) is 0 Å². The summed E-state index contributed by atoms with van der Waals surface area (Å²) in [6, 6.07) is 13.7. The largest absolute Gasteiger partial charge is 0.378 e. The van der Waals surface area contributed by atoms with Crippen LogP contribution in [-0.2, 0) is 11.3 Å². The fourth-order valence-electron chi connectivity index (χ4n) is 2.69. The zero-order valence-electron chi connectivity index (χ0n) is 16.3. The maximum Gasteiger partial charge on any atom is 0.234 e. The van der Waals surface area contributed by atoms with Gasteiger partial charge in [-0.25, -0.2) is 4.39 Å². The minimum absolute atomic E-state index is 0.157. The smallest absolute Gasteiger partial charge is 0.234 e. The molecule has 0 bridgehead atoms. The van der Waals surface area contributed by atoms with E-state index in [2.05, 4.69) is 22.1 Å². The van der Waals surface area contributed by atoms with E-state index >= 15 is 0 Å². The molecule has 0 spiro atoms. The Morgan fingerprint density at radius 1 is 1.24 bits per heavy atom. The molecule has 2 aromatic carbocycles. The van der Waals surface area contributed by atoms with Gasteiger partial charge in [-0.1, -0.05) is 30.0 Å². The number of halogens is 1. The van der Waals surface area contributed by atoms with Crippen LogP contribution in [0.5, 0.6) is 0 Å². The first kappa shape index (κ1) is 20.6. The van der Waals surface area contributed by atoms with Crippen molar-refractivity contribution in [1.82, 2.24) is 14.8 Å². The van der Waals surface area contributed by atoms with Crippen LogP contribution in [0.25, 0.3) is 11.4 Å². The topological polar surface area (TPSA) is 63.1 Å². The second-order valence-electron chi connectivity index (χ2n) is 6.49. The van der Waals surface area contributed by atoms with E-state index < -0.39 is 0 Å². The van der Waals surface area contributed by atoms with E-state index in [1.165, 1.54) is 36.0 Å². The predicted molar refractivity (Wildman–Crippen MR) is 116 cm³/mol. The highest BCUT2D eigenvalue weighted by Crippen LogP contribution is 2.26. The highest BCUT2D eigenvalue weighted by Gasteiger charge is 2.15. The number of thioether (sulfide) groups is 1. The Morgan fingerprint density at radius 3 is 2.69 bits per heavy atom. The lowest BCUT2D eigenvalue weighted by Crippen LogP contribution is -2.14. The predicted octanol–water partition coefficient (Wildman–Crippen LogP) is 4.07. The fourth-order valence-corrected chi connectivity index (χ4v) is 3.43. The molecule has 0 saturated carbocycles. The molecule has 3 aromatic rings. The SMILES string of the molecule is C=CCn1c(SCC(=O)Nc2ccc(F)cc2)nnc1-c1cccc(N(C)C)c1. The van der Waals surface area contributed by atoms with Crippen LogP contribution in [0.2, 0.25) is 0 Å². The molecule has 0 aliphatic rings. The molecule has 1 N–H and O–H groups in total. The molecule has 8 heteroatoms. The lowest BCUT2D eigenvalue weighted by molar-refractivity contribution is -0.113. The second-order valence-corrected chi connectivity index (χ2v) is 7.44. The number of nitrogens with zero attached hydrogens (tertiary/aromatic N) is 4. The third-order valence-corrected chi connectivity index (χ3v) is 5.08. The van der Waals surface area contributed by atoms with Crippen LogP contribution in [0.1, 0.15) is 0 Å². The van der Waals surface area contributed by atoms with Gasteiger partial charge >= 0.3 is 0 Å². The van der Waals surface area contributed by atoms with Gasteiger partial charge in [0.15, 0.2) is 11.0 Å². The van der Waals surface area contributed by atoms with Crippen LogP contribution in [0, 0.1) is 5.82 Å². The summed E-state index contributed by atoms with van der Waals surface area (Å²) < 4.78 is 14.9. The number of rotatable bonds is 8. The molecule has 1 aromatic heterocycles. The summed E-state index contributed by atoms with van der Waals surface area (Å²) in [4.78, 5) is 14.2. The van der Waals surface area contributed by atoms with Gasteiger partial charge in [-0.05, 0) is 36.4 Å².